The van der Waals surface area contributed by atoms with E-state index in [1.165, 1.54) is 30.7 Å². The lowest BCUT2D eigenvalue weighted by Crippen LogP contribution is -2.34. The Morgan fingerprint density at radius 2 is 1.73 bits per heavy atom. The van der Waals surface area contributed by atoms with E-state index in [4.69, 9.17) is 17.0 Å². The molecule has 0 spiro atoms. The van der Waals surface area contributed by atoms with E-state index in [9.17, 15) is 14.9 Å². The molecule has 1 aliphatic rings. The van der Waals surface area contributed by atoms with Crippen LogP contribution in [0, 0.1) is 10.1 Å². The average molecular weight is 370 g/mol. The van der Waals surface area contributed by atoms with Crippen LogP contribution < -0.4 is 4.74 Å². The number of piperidine rings is 1. The maximum atomic E-state index is 12.2. The Balaban J connectivity index is 1.67. The molecule has 0 radical (unpaired) electrons. The minimum atomic E-state index is -0.639. The van der Waals surface area contributed by atoms with Crippen LogP contribution >= 0.6 is 12.2 Å². The number of nitro benzene ring substituents is 1. The predicted octanol–water partition coefficient (Wildman–Crippen LogP) is 3.98. The van der Waals surface area contributed by atoms with Gasteiger partial charge in [-0.2, -0.15) is 0 Å². The zero-order chi connectivity index (χ0) is 18.5. The third kappa shape index (κ3) is 4.23. The molecule has 0 unspecified atom stereocenters. The molecule has 0 aliphatic carbocycles. The number of likely N-dealkylation sites (tertiary alicyclic amines) is 1. The van der Waals surface area contributed by atoms with Crippen molar-refractivity contribution >= 4 is 28.9 Å². The maximum Gasteiger partial charge on any atom is 0.343 e. The van der Waals surface area contributed by atoms with Crippen LogP contribution in [-0.4, -0.2) is 33.9 Å². The number of esters is 1. The van der Waals surface area contributed by atoms with Gasteiger partial charge >= 0.3 is 5.97 Å². The van der Waals surface area contributed by atoms with Crippen LogP contribution in [0.4, 0.5) is 5.69 Å². The minimum absolute atomic E-state index is 0.132. The van der Waals surface area contributed by atoms with Crippen LogP contribution in [0.5, 0.6) is 5.75 Å². The van der Waals surface area contributed by atoms with Crippen LogP contribution in [0.15, 0.2) is 48.5 Å². The molecule has 1 aliphatic heterocycles. The normalized spacial score (nSPS) is 13.9. The number of benzene rings is 2. The van der Waals surface area contributed by atoms with E-state index in [0.717, 1.165) is 36.5 Å². The van der Waals surface area contributed by atoms with Gasteiger partial charge in [-0.05, 0) is 49.6 Å². The van der Waals surface area contributed by atoms with E-state index in [0.29, 0.717) is 5.75 Å². The van der Waals surface area contributed by atoms with Crippen LogP contribution in [0.25, 0.3) is 0 Å². The summed E-state index contributed by atoms with van der Waals surface area (Å²) >= 11 is 5.54. The Kier molecular flexibility index (Phi) is 5.58. The minimum Gasteiger partial charge on any atom is -0.423 e. The smallest absolute Gasteiger partial charge is 0.343 e. The number of non-ortho nitro benzene ring substituents is 1. The first kappa shape index (κ1) is 18.0. The molecule has 3 rings (SSSR count). The van der Waals surface area contributed by atoms with Gasteiger partial charge in [0.05, 0.1) is 10.5 Å². The lowest BCUT2D eigenvalue weighted by molar-refractivity contribution is -0.384. The number of ether oxygens (including phenoxy) is 1. The van der Waals surface area contributed by atoms with Crippen LogP contribution in [0.2, 0.25) is 0 Å². The van der Waals surface area contributed by atoms with Crippen molar-refractivity contribution in [2.75, 3.05) is 13.1 Å². The first-order valence-corrected chi connectivity index (χ1v) is 8.81. The molecular formula is C19H18N2O4S. The molecule has 26 heavy (non-hydrogen) atoms. The van der Waals surface area contributed by atoms with Gasteiger partial charge in [0.2, 0.25) is 0 Å². The highest BCUT2D eigenvalue weighted by Gasteiger charge is 2.16. The summed E-state index contributed by atoms with van der Waals surface area (Å²) in [6.07, 6.45) is 3.55. The molecule has 1 fully saturated rings. The highest BCUT2D eigenvalue weighted by molar-refractivity contribution is 7.80. The molecule has 0 bridgehead atoms. The van der Waals surface area contributed by atoms with E-state index in [1.54, 1.807) is 12.1 Å². The van der Waals surface area contributed by atoms with Crippen molar-refractivity contribution in [1.29, 1.82) is 0 Å². The largest absolute Gasteiger partial charge is 0.423 e. The van der Waals surface area contributed by atoms with Gasteiger partial charge in [0.1, 0.15) is 10.7 Å². The number of nitrogens with zero attached hydrogens (tertiary/aromatic N) is 2. The number of thiocarbonyl (C=S) groups is 1. The van der Waals surface area contributed by atoms with Crippen LogP contribution in [0.1, 0.15) is 35.2 Å². The molecule has 1 saturated heterocycles. The van der Waals surface area contributed by atoms with Crippen molar-refractivity contribution in [3.05, 3.63) is 69.8 Å². The zero-order valence-electron chi connectivity index (χ0n) is 14.1. The molecule has 0 atom stereocenters. The summed E-state index contributed by atoms with van der Waals surface area (Å²) in [5.74, 6) is -0.272. The highest BCUT2D eigenvalue weighted by Crippen LogP contribution is 2.19. The molecule has 0 saturated carbocycles. The third-order valence-corrected chi connectivity index (χ3v) is 4.74. The number of carbonyl (C=O) groups is 1. The van der Waals surface area contributed by atoms with E-state index >= 15 is 0 Å². The van der Waals surface area contributed by atoms with Crippen LogP contribution in [-0.2, 0) is 0 Å². The van der Waals surface area contributed by atoms with Gasteiger partial charge in [-0.1, -0.05) is 18.3 Å². The van der Waals surface area contributed by atoms with E-state index in [-0.39, 0.29) is 11.3 Å². The highest BCUT2D eigenvalue weighted by atomic mass is 32.1. The fourth-order valence-electron chi connectivity index (χ4n) is 2.86. The summed E-state index contributed by atoms with van der Waals surface area (Å²) in [4.78, 5) is 25.4. The topological polar surface area (TPSA) is 72.7 Å². The average Bonchev–Trinajstić information content (AvgIpc) is 2.68. The second kappa shape index (κ2) is 8.05. The van der Waals surface area contributed by atoms with Crippen molar-refractivity contribution in [2.24, 2.45) is 0 Å². The zero-order valence-corrected chi connectivity index (χ0v) is 14.9. The van der Waals surface area contributed by atoms with Crippen molar-refractivity contribution < 1.29 is 14.5 Å². The second-order valence-electron chi connectivity index (χ2n) is 6.07. The summed E-state index contributed by atoms with van der Waals surface area (Å²) in [6, 6.07) is 12.5. The van der Waals surface area contributed by atoms with Gasteiger partial charge in [-0.3, -0.25) is 10.1 Å². The first-order valence-electron chi connectivity index (χ1n) is 8.40. The van der Waals surface area contributed by atoms with E-state index in [1.807, 2.05) is 12.1 Å². The summed E-state index contributed by atoms with van der Waals surface area (Å²) in [5, 5.41) is 10.8. The molecule has 0 aromatic heterocycles. The van der Waals surface area contributed by atoms with Gasteiger partial charge in [-0.25, -0.2) is 4.79 Å². The van der Waals surface area contributed by atoms with Crippen molar-refractivity contribution in [3.8, 4) is 5.75 Å². The molecule has 2 aromatic rings. The van der Waals surface area contributed by atoms with E-state index < -0.39 is 10.9 Å². The monoisotopic (exact) mass is 370 g/mol. The number of carbonyl (C=O) groups excluding carboxylic acids is 1. The van der Waals surface area contributed by atoms with Gasteiger partial charge in [0.25, 0.3) is 5.69 Å². The third-order valence-electron chi connectivity index (χ3n) is 4.25. The molecule has 0 N–H and O–H groups in total. The van der Waals surface area contributed by atoms with Crippen LogP contribution in [0.3, 0.4) is 0 Å². The lowest BCUT2D eigenvalue weighted by atomic mass is 10.1. The van der Waals surface area contributed by atoms with Crippen molar-refractivity contribution in [1.82, 2.24) is 4.90 Å². The Bertz CT molecular complexity index is 830. The quantitative estimate of drug-likeness (QED) is 0.267. The number of rotatable bonds is 4. The van der Waals surface area contributed by atoms with Gasteiger partial charge in [0, 0.05) is 30.8 Å². The number of hydrogen-bond acceptors (Lipinski definition) is 5. The van der Waals surface area contributed by atoms with Gasteiger partial charge in [0.15, 0.2) is 0 Å². The molecule has 6 nitrogen and oxygen atoms in total. The van der Waals surface area contributed by atoms with Gasteiger partial charge < -0.3 is 9.64 Å². The summed E-state index contributed by atoms with van der Waals surface area (Å²) in [5.41, 5.74) is 0.894. The fraction of sp³-hybridized carbons (Fsp3) is 0.263. The Morgan fingerprint density at radius 1 is 1.04 bits per heavy atom. The number of nitro groups is 1. The Hall–Kier alpha value is -2.80. The SMILES string of the molecule is O=C(Oc1ccc(C(=S)N2CCCCC2)cc1)c1cccc([N+](=O)[O-])c1. The number of hydrogen-bond donors (Lipinski definition) is 0. The maximum absolute atomic E-state index is 12.2. The lowest BCUT2D eigenvalue weighted by Gasteiger charge is -2.29. The molecule has 2 aromatic carbocycles. The van der Waals surface area contributed by atoms with Gasteiger partial charge in [-0.15, -0.1) is 0 Å². The molecule has 0 amide bonds. The van der Waals surface area contributed by atoms with E-state index in [2.05, 4.69) is 4.90 Å². The Labute approximate surface area is 156 Å². The molecule has 134 valence electrons. The second-order valence-corrected chi connectivity index (χ2v) is 6.46. The molecule has 7 heteroatoms. The van der Waals surface area contributed by atoms with Crippen molar-refractivity contribution in [2.45, 2.75) is 19.3 Å². The molecule has 1 heterocycles. The molecular weight excluding hydrogens is 352 g/mol. The standard InChI is InChI=1S/C19H18N2O4S/c22-19(15-5-4-6-16(13-15)21(23)24)25-17-9-7-14(8-10-17)18(26)20-11-2-1-3-12-20/h4-10,13H,1-3,11-12H2. The summed E-state index contributed by atoms with van der Waals surface area (Å²) < 4.78 is 5.30. The summed E-state index contributed by atoms with van der Waals surface area (Å²) in [6.45, 7) is 1.95. The summed E-state index contributed by atoms with van der Waals surface area (Å²) in [7, 11) is 0. The predicted molar refractivity (Wildman–Crippen MR) is 102 cm³/mol. The fourth-order valence-corrected chi connectivity index (χ4v) is 3.18. The first-order chi connectivity index (χ1) is 12.5. The Morgan fingerprint density at radius 3 is 2.38 bits per heavy atom. The van der Waals surface area contributed by atoms with Crippen molar-refractivity contribution in [3.63, 3.8) is 0 Å².